The zero-order chi connectivity index (χ0) is 12.0. The first-order valence-corrected chi connectivity index (χ1v) is 6.24. The first-order chi connectivity index (χ1) is 7.60. The van der Waals surface area contributed by atoms with Gasteiger partial charge >= 0.3 is 0 Å². The van der Waals surface area contributed by atoms with E-state index in [2.05, 4.69) is 10.6 Å². The van der Waals surface area contributed by atoms with Crippen LogP contribution in [0.1, 0.15) is 6.92 Å². The molecule has 0 saturated heterocycles. The Morgan fingerprint density at radius 3 is 2.50 bits per heavy atom. The van der Waals surface area contributed by atoms with Crippen molar-refractivity contribution in [1.82, 2.24) is 4.72 Å². The molecule has 0 bridgehead atoms. The molecule has 1 N–H and O–H groups in total. The van der Waals surface area contributed by atoms with Gasteiger partial charge in [0.05, 0.1) is 18.0 Å². The van der Waals surface area contributed by atoms with Crippen molar-refractivity contribution in [1.29, 1.82) is 0 Å². The predicted octanol–water partition coefficient (Wildman–Crippen LogP) is 0.997. The summed E-state index contributed by atoms with van der Waals surface area (Å²) in [6.07, 6.45) is 4.98. The first kappa shape index (κ1) is 12.6. The molecule has 0 fully saturated rings. The summed E-state index contributed by atoms with van der Waals surface area (Å²) in [6, 6.07) is 6.16. The van der Waals surface area contributed by atoms with Crippen molar-refractivity contribution in [3.8, 4) is 18.1 Å². The topological polar surface area (TPSA) is 55.4 Å². The molecule has 0 aliphatic rings. The van der Waals surface area contributed by atoms with Gasteiger partial charge in [-0.2, -0.15) is 4.72 Å². The van der Waals surface area contributed by atoms with Gasteiger partial charge in [0.2, 0.25) is 10.0 Å². The Kier molecular flexibility index (Phi) is 4.35. The maximum absolute atomic E-state index is 11.6. The van der Waals surface area contributed by atoms with Crippen molar-refractivity contribution in [2.45, 2.75) is 11.8 Å². The fourth-order valence-electron chi connectivity index (χ4n) is 1.10. The second kappa shape index (κ2) is 5.54. The summed E-state index contributed by atoms with van der Waals surface area (Å²) in [5, 5.41) is 0. The molecule has 0 amide bonds. The van der Waals surface area contributed by atoms with Gasteiger partial charge < -0.3 is 4.74 Å². The maximum Gasteiger partial charge on any atom is 0.241 e. The number of benzene rings is 1. The number of sulfonamides is 1. The van der Waals surface area contributed by atoms with E-state index in [0.717, 1.165) is 0 Å². The second-order valence-electron chi connectivity index (χ2n) is 2.93. The molecule has 0 radical (unpaired) electrons. The van der Waals surface area contributed by atoms with E-state index in [1.54, 1.807) is 12.1 Å². The molecule has 0 spiro atoms. The lowest BCUT2D eigenvalue weighted by Gasteiger charge is -2.06. The van der Waals surface area contributed by atoms with Gasteiger partial charge in [-0.1, -0.05) is 5.92 Å². The lowest BCUT2D eigenvalue weighted by atomic mass is 10.3. The predicted molar refractivity (Wildman–Crippen MR) is 61.6 cm³/mol. The minimum Gasteiger partial charge on any atom is -0.494 e. The van der Waals surface area contributed by atoms with Crippen LogP contribution < -0.4 is 9.46 Å². The quantitative estimate of drug-likeness (QED) is 0.780. The molecule has 0 atom stereocenters. The van der Waals surface area contributed by atoms with Crippen molar-refractivity contribution < 1.29 is 13.2 Å². The third-order valence-electron chi connectivity index (χ3n) is 1.81. The summed E-state index contributed by atoms with van der Waals surface area (Å²) in [4.78, 5) is 0.172. The molecular formula is C11H13NO3S. The van der Waals surface area contributed by atoms with Crippen molar-refractivity contribution >= 4 is 10.0 Å². The van der Waals surface area contributed by atoms with Crippen LogP contribution in [0.2, 0.25) is 0 Å². The van der Waals surface area contributed by atoms with E-state index in [9.17, 15) is 8.42 Å². The van der Waals surface area contributed by atoms with Gasteiger partial charge in [-0.15, -0.1) is 6.42 Å². The molecule has 0 unspecified atom stereocenters. The number of nitrogens with one attached hydrogen (secondary N) is 1. The van der Waals surface area contributed by atoms with Crippen molar-refractivity contribution in [2.75, 3.05) is 13.2 Å². The number of hydrogen-bond donors (Lipinski definition) is 1. The third kappa shape index (κ3) is 3.26. The lowest BCUT2D eigenvalue weighted by molar-refractivity contribution is 0.340. The zero-order valence-electron chi connectivity index (χ0n) is 8.93. The molecular weight excluding hydrogens is 226 g/mol. The SMILES string of the molecule is C#CCNS(=O)(=O)c1ccc(OCC)cc1. The molecule has 0 aromatic heterocycles. The van der Waals surface area contributed by atoms with Crippen molar-refractivity contribution in [3.05, 3.63) is 24.3 Å². The van der Waals surface area contributed by atoms with Crippen LogP contribution in [0, 0.1) is 12.3 Å². The largest absolute Gasteiger partial charge is 0.494 e. The molecule has 0 heterocycles. The van der Waals surface area contributed by atoms with Gasteiger partial charge in [-0.05, 0) is 31.2 Å². The monoisotopic (exact) mass is 239 g/mol. The lowest BCUT2D eigenvalue weighted by Crippen LogP contribution is -2.23. The summed E-state index contributed by atoms with van der Waals surface area (Å²) >= 11 is 0. The number of terminal acetylenes is 1. The molecule has 1 aromatic rings. The average Bonchev–Trinajstić information content (AvgIpc) is 2.28. The van der Waals surface area contributed by atoms with Crippen LogP contribution >= 0.6 is 0 Å². The normalized spacial score (nSPS) is 10.8. The zero-order valence-corrected chi connectivity index (χ0v) is 9.75. The van der Waals surface area contributed by atoms with Crippen molar-refractivity contribution in [2.24, 2.45) is 0 Å². The van der Waals surface area contributed by atoms with Gasteiger partial charge in [0, 0.05) is 0 Å². The second-order valence-corrected chi connectivity index (χ2v) is 4.70. The molecule has 5 heteroatoms. The van der Waals surface area contributed by atoms with E-state index in [1.165, 1.54) is 12.1 Å². The van der Waals surface area contributed by atoms with Crippen LogP contribution in [0.4, 0.5) is 0 Å². The fraction of sp³-hybridized carbons (Fsp3) is 0.273. The third-order valence-corrected chi connectivity index (χ3v) is 3.23. The summed E-state index contributed by atoms with van der Waals surface area (Å²) in [6.45, 7) is 2.39. The van der Waals surface area contributed by atoms with Crippen LogP contribution in [0.5, 0.6) is 5.75 Å². The Balaban J connectivity index is 2.85. The van der Waals surface area contributed by atoms with Crippen LogP contribution in [0.15, 0.2) is 29.2 Å². The van der Waals surface area contributed by atoms with Gasteiger partial charge in [0.25, 0.3) is 0 Å². The van der Waals surface area contributed by atoms with Gasteiger partial charge in [-0.25, -0.2) is 8.42 Å². The minimum atomic E-state index is -3.50. The highest BCUT2D eigenvalue weighted by atomic mass is 32.2. The summed E-state index contributed by atoms with van der Waals surface area (Å²) in [7, 11) is -3.50. The Morgan fingerprint density at radius 2 is 2.00 bits per heavy atom. The summed E-state index contributed by atoms with van der Waals surface area (Å²) in [5.41, 5.74) is 0. The molecule has 0 aliphatic heterocycles. The molecule has 16 heavy (non-hydrogen) atoms. The summed E-state index contributed by atoms with van der Waals surface area (Å²) in [5.74, 6) is 2.85. The smallest absolute Gasteiger partial charge is 0.241 e. The number of hydrogen-bond acceptors (Lipinski definition) is 3. The Labute approximate surface area is 95.7 Å². The number of ether oxygens (including phenoxy) is 1. The Bertz CT molecular complexity index is 471. The standard InChI is InChI=1S/C11H13NO3S/c1-3-9-12-16(13,14)11-7-5-10(6-8-11)15-4-2/h1,5-8,12H,4,9H2,2H3. The highest BCUT2D eigenvalue weighted by Crippen LogP contribution is 2.15. The van der Waals surface area contributed by atoms with Gasteiger partial charge in [0.1, 0.15) is 5.75 Å². The van der Waals surface area contributed by atoms with E-state index < -0.39 is 10.0 Å². The van der Waals surface area contributed by atoms with Crippen LogP contribution in [0.25, 0.3) is 0 Å². The highest BCUT2D eigenvalue weighted by Gasteiger charge is 2.12. The molecule has 1 aromatic carbocycles. The molecule has 1 rings (SSSR count). The molecule has 0 aliphatic carbocycles. The Hall–Kier alpha value is -1.51. The fourth-order valence-corrected chi connectivity index (χ4v) is 2.04. The Morgan fingerprint density at radius 1 is 1.38 bits per heavy atom. The van der Waals surface area contributed by atoms with Gasteiger partial charge in [0.15, 0.2) is 0 Å². The van der Waals surface area contributed by atoms with E-state index in [4.69, 9.17) is 11.2 Å². The molecule has 86 valence electrons. The molecule has 4 nitrogen and oxygen atoms in total. The van der Waals surface area contributed by atoms with Crippen LogP contribution in [-0.4, -0.2) is 21.6 Å². The summed E-state index contributed by atoms with van der Waals surface area (Å²) < 4.78 is 30.7. The maximum atomic E-state index is 11.6. The average molecular weight is 239 g/mol. The number of rotatable bonds is 5. The van der Waals surface area contributed by atoms with E-state index in [1.807, 2.05) is 6.92 Å². The molecule has 0 saturated carbocycles. The first-order valence-electron chi connectivity index (χ1n) is 4.76. The van der Waals surface area contributed by atoms with Gasteiger partial charge in [-0.3, -0.25) is 0 Å². The van der Waals surface area contributed by atoms with Crippen LogP contribution in [-0.2, 0) is 10.0 Å². The van der Waals surface area contributed by atoms with E-state index >= 15 is 0 Å². The minimum absolute atomic E-state index is 0.0183. The van der Waals surface area contributed by atoms with Crippen molar-refractivity contribution in [3.63, 3.8) is 0 Å². The van der Waals surface area contributed by atoms with E-state index in [0.29, 0.717) is 12.4 Å². The highest BCUT2D eigenvalue weighted by molar-refractivity contribution is 7.89. The van der Waals surface area contributed by atoms with E-state index in [-0.39, 0.29) is 11.4 Å². The van der Waals surface area contributed by atoms with Crippen LogP contribution in [0.3, 0.4) is 0 Å².